The van der Waals surface area contributed by atoms with Gasteiger partial charge in [0.1, 0.15) is 5.75 Å². The van der Waals surface area contributed by atoms with E-state index in [1.54, 1.807) is 30.7 Å². The smallest absolute Gasteiger partial charge is 0.387 e. The Balaban J connectivity index is 2.29. The molecule has 0 aliphatic rings. The first-order valence-electron chi connectivity index (χ1n) is 7.57. The molecule has 2 rings (SSSR count). The summed E-state index contributed by atoms with van der Waals surface area (Å²) in [6.45, 7) is 4.25. The van der Waals surface area contributed by atoms with E-state index in [0.29, 0.717) is 5.56 Å². The Bertz CT molecular complexity index is 757. The number of carbonyl (C=O) groups excluding carboxylic acids is 1. The molecule has 2 aromatic rings. The van der Waals surface area contributed by atoms with Gasteiger partial charge in [-0.3, -0.25) is 9.48 Å². The molecule has 1 heterocycles. The van der Waals surface area contributed by atoms with Gasteiger partial charge in [-0.2, -0.15) is 13.9 Å². The normalized spacial score (nSPS) is 12.3. The van der Waals surface area contributed by atoms with Crippen LogP contribution in [0.25, 0.3) is 0 Å². The number of hydrogen-bond acceptors (Lipinski definition) is 3. The van der Waals surface area contributed by atoms with Crippen LogP contribution in [0.4, 0.5) is 14.5 Å². The fourth-order valence-electron chi connectivity index (χ4n) is 2.77. The lowest BCUT2D eigenvalue weighted by atomic mass is 9.98. The fourth-order valence-corrected chi connectivity index (χ4v) is 2.77. The minimum absolute atomic E-state index is 0.0508. The van der Waals surface area contributed by atoms with E-state index in [1.165, 1.54) is 6.07 Å². The Morgan fingerprint density at radius 3 is 2.50 bits per heavy atom. The second-order valence-corrected chi connectivity index (χ2v) is 5.75. The number of benzene rings is 1. The van der Waals surface area contributed by atoms with Gasteiger partial charge in [-0.05, 0) is 39.3 Å². The number of aryl methyl sites for hydroxylation is 3. The minimum Gasteiger partial charge on any atom is -0.433 e. The lowest BCUT2D eigenvalue weighted by Crippen LogP contribution is -2.21. The topological polar surface area (TPSA) is 56.1 Å². The zero-order valence-electron chi connectivity index (χ0n) is 14.4. The summed E-state index contributed by atoms with van der Waals surface area (Å²) in [4.78, 5) is 12.6. The maximum atomic E-state index is 12.6. The van der Waals surface area contributed by atoms with E-state index in [9.17, 15) is 13.6 Å². The van der Waals surface area contributed by atoms with Crippen molar-refractivity contribution in [3.05, 3.63) is 40.7 Å². The standard InChI is InChI=1S/C17H21F2N3O2/c1-9-7-6-8-13(24-17(18)19)15(9)20-16(23)10(2)14-11(3)21-22(5)12(14)4/h6-8,10,17H,1-5H3,(H,20,23)/t10-/m0/s1. The fraction of sp³-hybridized carbons (Fsp3) is 0.412. The molecule has 0 aliphatic heterocycles. The van der Waals surface area contributed by atoms with Crippen molar-refractivity contribution in [2.24, 2.45) is 7.05 Å². The summed E-state index contributed by atoms with van der Waals surface area (Å²) in [5.41, 5.74) is 3.40. The molecule has 0 fully saturated rings. The van der Waals surface area contributed by atoms with Crippen LogP contribution in [0.5, 0.6) is 5.75 Å². The van der Waals surface area contributed by atoms with Crippen molar-refractivity contribution in [1.29, 1.82) is 0 Å². The number of carbonyl (C=O) groups is 1. The third-order valence-electron chi connectivity index (χ3n) is 4.09. The second kappa shape index (κ2) is 6.98. The minimum atomic E-state index is -2.96. The second-order valence-electron chi connectivity index (χ2n) is 5.75. The molecule has 0 spiro atoms. The Hall–Kier alpha value is -2.44. The Kier molecular flexibility index (Phi) is 5.21. The molecule has 0 radical (unpaired) electrons. The first-order chi connectivity index (χ1) is 11.2. The number of ether oxygens (including phenoxy) is 1. The first kappa shape index (κ1) is 17.9. The number of halogens is 2. The molecule has 0 unspecified atom stereocenters. The van der Waals surface area contributed by atoms with Gasteiger partial charge in [0.15, 0.2) is 0 Å². The quantitative estimate of drug-likeness (QED) is 0.905. The number of nitrogens with one attached hydrogen (secondary N) is 1. The molecule has 7 heteroatoms. The molecule has 1 aromatic carbocycles. The van der Waals surface area contributed by atoms with Gasteiger partial charge in [-0.25, -0.2) is 0 Å². The Labute approximate surface area is 139 Å². The molecule has 0 bridgehead atoms. The van der Waals surface area contributed by atoms with E-state index in [4.69, 9.17) is 0 Å². The van der Waals surface area contributed by atoms with E-state index < -0.39 is 12.5 Å². The molecule has 1 aromatic heterocycles. The Morgan fingerprint density at radius 2 is 1.96 bits per heavy atom. The highest BCUT2D eigenvalue weighted by molar-refractivity contribution is 5.97. The van der Waals surface area contributed by atoms with Crippen LogP contribution in [0.1, 0.15) is 35.4 Å². The highest BCUT2D eigenvalue weighted by Crippen LogP contribution is 2.31. The van der Waals surface area contributed by atoms with Crippen LogP contribution in [0.2, 0.25) is 0 Å². The number of hydrogen-bond donors (Lipinski definition) is 1. The van der Waals surface area contributed by atoms with E-state index in [1.807, 2.05) is 20.9 Å². The molecule has 0 saturated heterocycles. The number of amides is 1. The largest absolute Gasteiger partial charge is 0.433 e. The van der Waals surface area contributed by atoms with Gasteiger partial charge in [-0.1, -0.05) is 12.1 Å². The number of nitrogens with zero attached hydrogens (tertiary/aromatic N) is 2. The van der Waals surface area contributed by atoms with Crippen molar-refractivity contribution in [2.75, 3.05) is 5.32 Å². The van der Waals surface area contributed by atoms with Gasteiger partial charge >= 0.3 is 6.61 Å². The van der Waals surface area contributed by atoms with Crippen LogP contribution in [0.15, 0.2) is 18.2 Å². The summed E-state index contributed by atoms with van der Waals surface area (Å²) >= 11 is 0. The van der Waals surface area contributed by atoms with Crippen molar-refractivity contribution in [2.45, 2.75) is 40.2 Å². The van der Waals surface area contributed by atoms with Crippen molar-refractivity contribution in [3.8, 4) is 5.75 Å². The molecule has 24 heavy (non-hydrogen) atoms. The van der Waals surface area contributed by atoms with Crippen molar-refractivity contribution in [1.82, 2.24) is 9.78 Å². The van der Waals surface area contributed by atoms with Crippen LogP contribution in [-0.2, 0) is 11.8 Å². The number of alkyl halides is 2. The summed E-state index contributed by atoms with van der Waals surface area (Å²) in [6.07, 6.45) is 0. The molecular weight excluding hydrogens is 316 g/mol. The maximum Gasteiger partial charge on any atom is 0.387 e. The van der Waals surface area contributed by atoms with Crippen LogP contribution in [0.3, 0.4) is 0 Å². The highest BCUT2D eigenvalue weighted by Gasteiger charge is 2.24. The molecule has 1 N–H and O–H groups in total. The lowest BCUT2D eigenvalue weighted by Gasteiger charge is -2.17. The van der Waals surface area contributed by atoms with Crippen LogP contribution in [0, 0.1) is 20.8 Å². The zero-order valence-corrected chi connectivity index (χ0v) is 14.4. The summed E-state index contributed by atoms with van der Waals surface area (Å²) in [5, 5.41) is 7.02. The summed E-state index contributed by atoms with van der Waals surface area (Å²) in [5.74, 6) is -0.828. The van der Waals surface area contributed by atoms with Crippen molar-refractivity contribution in [3.63, 3.8) is 0 Å². The van der Waals surface area contributed by atoms with Crippen molar-refractivity contribution >= 4 is 11.6 Å². The van der Waals surface area contributed by atoms with Crippen molar-refractivity contribution < 1.29 is 18.3 Å². The number of rotatable bonds is 5. The van der Waals surface area contributed by atoms with Gasteiger partial charge in [-0.15, -0.1) is 0 Å². The van der Waals surface area contributed by atoms with Crippen LogP contribution in [-0.4, -0.2) is 22.3 Å². The third-order valence-corrected chi connectivity index (χ3v) is 4.09. The molecule has 0 aliphatic carbocycles. The van der Waals surface area contributed by atoms with Gasteiger partial charge in [0.25, 0.3) is 0 Å². The van der Waals surface area contributed by atoms with Gasteiger partial charge in [0, 0.05) is 18.3 Å². The molecule has 1 atom stereocenters. The van der Waals surface area contributed by atoms with E-state index >= 15 is 0 Å². The molecule has 1 amide bonds. The van der Waals surface area contributed by atoms with E-state index in [2.05, 4.69) is 15.2 Å². The summed E-state index contributed by atoms with van der Waals surface area (Å²) in [6, 6.07) is 4.72. The maximum absolute atomic E-state index is 12.6. The highest BCUT2D eigenvalue weighted by atomic mass is 19.3. The Morgan fingerprint density at radius 1 is 1.29 bits per heavy atom. The number of aromatic nitrogens is 2. The summed E-state index contributed by atoms with van der Waals surface area (Å²) < 4.78 is 31.3. The van der Waals surface area contributed by atoms with E-state index in [-0.39, 0.29) is 17.3 Å². The first-order valence-corrected chi connectivity index (χ1v) is 7.57. The summed E-state index contributed by atoms with van der Waals surface area (Å²) in [7, 11) is 1.81. The zero-order chi connectivity index (χ0) is 18.0. The van der Waals surface area contributed by atoms with E-state index in [0.717, 1.165) is 17.0 Å². The van der Waals surface area contributed by atoms with Crippen LogP contribution < -0.4 is 10.1 Å². The molecular formula is C17H21F2N3O2. The lowest BCUT2D eigenvalue weighted by molar-refractivity contribution is -0.117. The molecule has 5 nitrogen and oxygen atoms in total. The third kappa shape index (κ3) is 3.55. The predicted octanol–water partition coefficient (Wildman–Crippen LogP) is 3.69. The molecule has 0 saturated carbocycles. The number of anilines is 1. The average molecular weight is 337 g/mol. The van der Waals surface area contributed by atoms with Gasteiger partial charge < -0.3 is 10.1 Å². The van der Waals surface area contributed by atoms with Crippen LogP contribution >= 0.6 is 0 Å². The van der Waals surface area contributed by atoms with Gasteiger partial charge in [0.05, 0.1) is 17.3 Å². The average Bonchev–Trinajstić information content (AvgIpc) is 2.74. The van der Waals surface area contributed by atoms with Gasteiger partial charge in [0.2, 0.25) is 5.91 Å². The predicted molar refractivity (Wildman–Crippen MR) is 87.5 cm³/mol. The number of para-hydroxylation sites is 1. The molecule has 130 valence electrons. The SMILES string of the molecule is Cc1cccc(OC(F)F)c1NC(=O)[C@@H](C)c1c(C)nn(C)c1C. The monoisotopic (exact) mass is 337 g/mol.